The molecule has 21 heavy (non-hydrogen) atoms. The van der Waals surface area contributed by atoms with E-state index in [9.17, 15) is 8.78 Å². The highest BCUT2D eigenvalue weighted by Crippen LogP contribution is 2.18. The smallest absolute Gasteiger partial charge is 0.126 e. The third-order valence-electron chi connectivity index (χ3n) is 3.38. The predicted octanol–water partition coefficient (Wildman–Crippen LogP) is 3.87. The molecule has 112 valence electrons. The molecule has 0 bridgehead atoms. The number of hydrogen-bond acceptors (Lipinski definition) is 2. The van der Waals surface area contributed by atoms with Crippen molar-refractivity contribution in [2.24, 2.45) is 0 Å². The molecule has 0 aliphatic carbocycles. The third-order valence-corrected chi connectivity index (χ3v) is 3.38. The number of rotatable bonds is 6. The highest BCUT2D eigenvalue weighted by Gasteiger charge is 2.06. The lowest BCUT2D eigenvalue weighted by Gasteiger charge is -2.15. The zero-order chi connectivity index (χ0) is 15.2. The summed E-state index contributed by atoms with van der Waals surface area (Å²) in [6.45, 7) is 2.68. The zero-order valence-corrected chi connectivity index (χ0v) is 12.2. The molecule has 4 heteroatoms. The SMILES string of the molecule is COc1cccc(C(C)NCCc2cc(F)cc(F)c2)c1. The van der Waals surface area contributed by atoms with E-state index in [0.717, 1.165) is 17.4 Å². The predicted molar refractivity (Wildman–Crippen MR) is 79.5 cm³/mol. The van der Waals surface area contributed by atoms with Gasteiger partial charge in [-0.05, 0) is 55.3 Å². The van der Waals surface area contributed by atoms with E-state index in [4.69, 9.17) is 4.74 Å². The Hall–Kier alpha value is -1.94. The van der Waals surface area contributed by atoms with E-state index in [-0.39, 0.29) is 6.04 Å². The highest BCUT2D eigenvalue weighted by atomic mass is 19.1. The molecule has 0 aromatic heterocycles. The normalized spacial score (nSPS) is 12.2. The van der Waals surface area contributed by atoms with Crippen LogP contribution in [0.25, 0.3) is 0 Å². The van der Waals surface area contributed by atoms with Gasteiger partial charge in [0.25, 0.3) is 0 Å². The Balaban J connectivity index is 1.90. The van der Waals surface area contributed by atoms with E-state index in [0.29, 0.717) is 18.5 Å². The van der Waals surface area contributed by atoms with Gasteiger partial charge in [0, 0.05) is 12.1 Å². The van der Waals surface area contributed by atoms with Crippen LogP contribution in [0.5, 0.6) is 5.75 Å². The fourth-order valence-corrected chi connectivity index (χ4v) is 2.22. The topological polar surface area (TPSA) is 21.3 Å². The summed E-state index contributed by atoms with van der Waals surface area (Å²) in [4.78, 5) is 0. The first kappa shape index (κ1) is 15.4. The van der Waals surface area contributed by atoms with Crippen molar-refractivity contribution in [1.29, 1.82) is 0 Å². The Kier molecular flexibility index (Phi) is 5.28. The van der Waals surface area contributed by atoms with E-state index >= 15 is 0 Å². The van der Waals surface area contributed by atoms with Crippen molar-refractivity contribution in [3.63, 3.8) is 0 Å². The standard InChI is InChI=1S/C17H19F2NO/c1-12(14-4-3-5-17(10-14)21-2)20-7-6-13-8-15(18)11-16(19)9-13/h3-5,8-12,20H,6-7H2,1-2H3. The van der Waals surface area contributed by atoms with E-state index in [1.54, 1.807) is 7.11 Å². The maximum atomic E-state index is 13.1. The molecular weight excluding hydrogens is 272 g/mol. The van der Waals surface area contributed by atoms with Crippen LogP contribution in [-0.2, 0) is 6.42 Å². The van der Waals surface area contributed by atoms with Crippen molar-refractivity contribution in [1.82, 2.24) is 5.32 Å². The Morgan fingerprint density at radius 2 is 1.81 bits per heavy atom. The summed E-state index contributed by atoms with van der Waals surface area (Å²) in [5, 5.41) is 3.34. The van der Waals surface area contributed by atoms with Crippen LogP contribution in [0, 0.1) is 11.6 Å². The van der Waals surface area contributed by atoms with Crippen LogP contribution in [0.2, 0.25) is 0 Å². The van der Waals surface area contributed by atoms with Crippen LogP contribution in [0.3, 0.4) is 0 Å². The number of methoxy groups -OCH3 is 1. The summed E-state index contributed by atoms with van der Waals surface area (Å²) < 4.78 is 31.4. The van der Waals surface area contributed by atoms with E-state index in [1.165, 1.54) is 12.1 Å². The summed E-state index contributed by atoms with van der Waals surface area (Å²) in [5.74, 6) is -0.259. The number of halogens is 2. The van der Waals surface area contributed by atoms with Crippen LogP contribution in [0.15, 0.2) is 42.5 Å². The highest BCUT2D eigenvalue weighted by molar-refractivity contribution is 5.30. The zero-order valence-electron chi connectivity index (χ0n) is 12.2. The Morgan fingerprint density at radius 3 is 2.48 bits per heavy atom. The monoisotopic (exact) mass is 291 g/mol. The van der Waals surface area contributed by atoms with Gasteiger partial charge in [-0.2, -0.15) is 0 Å². The van der Waals surface area contributed by atoms with Gasteiger partial charge in [-0.25, -0.2) is 8.78 Å². The molecule has 1 atom stereocenters. The van der Waals surface area contributed by atoms with Gasteiger partial charge in [0.05, 0.1) is 7.11 Å². The molecule has 1 N–H and O–H groups in total. The van der Waals surface area contributed by atoms with Gasteiger partial charge in [-0.15, -0.1) is 0 Å². The second-order valence-corrected chi connectivity index (χ2v) is 4.98. The second kappa shape index (κ2) is 7.18. The number of benzene rings is 2. The van der Waals surface area contributed by atoms with Crippen molar-refractivity contribution in [2.75, 3.05) is 13.7 Å². The molecule has 1 unspecified atom stereocenters. The lowest BCUT2D eigenvalue weighted by Crippen LogP contribution is -2.21. The molecular formula is C17H19F2NO. The first-order valence-corrected chi connectivity index (χ1v) is 6.91. The molecule has 0 fully saturated rings. The molecule has 0 aliphatic heterocycles. The van der Waals surface area contributed by atoms with Crippen molar-refractivity contribution < 1.29 is 13.5 Å². The fourth-order valence-electron chi connectivity index (χ4n) is 2.22. The van der Waals surface area contributed by atoms with Gasteiger partial charge < -0.3 is 10.1 Å². The Bertz CT molecular complexity index is 581. The first-order chi connectivity index (χ1) is 10.1. The summed E-state index contributed by atoms with van der Waals surface area (Å²) in [6.07, 6.45) is 0.572. The number of hydrogen-bond donors (Lipinski definition) is 1. The van der Waals surface area contributed by atoms with Crippen LogP contribution in [-0.4, -0.2) is 13.7 Å². The van der Waals surface area contributed by atoms with Crippen LogP contribution < -0.4 is 10.1 Å². The van der Waals surface area contributed by atoms with Gasteiger partial charge in [0.2, 0.25) is 0 Å². The maximum absolute atomic E-state index is 13.1. The Labute approximate surface area is 123 Å². The summed E-state index contributed by atoms with van der Waals surface area (Å²) in [5.41, 5.74) is 1.76. The number of nitrogens with one attached hydrogen (secondary N) is 1. The molecule has 0 aliphatic rings. The molecule has 0 saturated heterocycles. The summed E-state index contributed by atoms with van der Waals surface area (Å²) in [7, 11) is 1.63. The van der Waals surface area contributed by atoms with Crippen molar-refractivity contribution >= 4 is 0 Å². The molecule has 0 amide bonds. The maximum Gasteiger partial charge on any atom is 0.126 e. The van der Waals surface area contributed by atoms with E-state index < -0.39 is 11.6 Å². The lowest BCUT2D eigenvalue weighted by atomic mass is 10.1. The molecule has 0 radical (unpaired) electrons. The lowest BCUT2D eigenvalue weighted by molar-refractivity contribution is 0.413. The minimum Gasteiger partial charge on any atom is -0.497 e. The summed E-state index contributed by atoms with van der Waals surface area (Å²) in [6, 6.07) is 11.6. The van der Waals surface area contributed by atoms with Gasteiger partial charge in [0.1, 0.15) is 17.4 Å². The van der Waals surface area contributed by atoms with Crippen molar-refractivity contribution in [3.05, 3.63) is 65.2 Å². The molecule has 2 nitrogen and oxygen atoms in total. The van der Waals surface area contributed by atoms with Crippen LogP contribution in [0.1, 0.15) is 24.1 Å². The van der Waals surface area contributed by atoms with E-state index in [2.05, 4.69) is 5.32 Å². The van der Waals surface area contributed by atoms with Gasteiger partial charge >= 0.3 is 0 Å². The third kappa shape index (κ3) is 4.53. The summed E-state index contributed by atoms with van der Waals surface area (Å²) >= 11 is 0. The molecule has 0 saturated carbocycles. The van der Waals surface area contributed by atoms with Gasteiger partial charge in [-0.3, -0.25) is 0 Å². The fraction of sp³-hybridized carbons (Fsp3) is 0.294. The van der Waals surface area contributed by atoms with Gasteiger partial charge in [-0.1, -0.05) is 12.1 Å². The van der Waals surface area contributed by atoms with Crippen LogP contribution in [0.4, 0.5) is 8.78 Å². The first-order valence-electron chi connectivity index (χ1n) is 6.91. The average molecular weight is 291 g/mol. The molecule has 0 heterocycles. The van der Waals surface area contributed by atoms with Crippen molar-refractivity contribution in [2.45, 2.75) is 19.4 Å². The largest absolute Gasteiger partial charge is 0.497 e. The number of ether oxygens (including phenoxy) is 1. The minimum absolute atomic E-state index is 0.138. The van der Waals surface area contributed by atoms with E-state index in [1.807, 2.05) is 31.2 Å². The quantitative estimate of drug-likeness (QED) is 0.872. The average Bonchev–Trinajstić information content (AvgIpc) is 2.46. The molecule has 0 spiro atoms. The van der Waals surface area contributed by atoms with Gasteiger partial charge in [0.15, 0.2) is 0 Å². The molecule has 2 aromatic carbocycles. The minimum atomic E-state index is -0.536. The Morgan fingerprint density at radius 1 is 1.10 bits per heavy atom. The second-order valence-electron chi connectivity index (χ2n) is 4.98. The van der Waals surface area contributed by atoms with Crippen LogP contribution >= 0.6 is 0 Å². The molecule has 2 aromatic rings. The van der Waals surface area contributed by atoms with Crippen molar-refractivity contribution in [3.8, 4) is 5.75 Å². The molecule has 2 rings (SSSR count).